The summed E-state index contributed by atoms with van der Waals surface area (Å²) in [7, 11) is 0. The molecule has 0 radical (unpaired) electrons. The number of nitrogens with zero attached hydrogens (tertiary/aromatic N) is 5. The highest BCUT2D eigenvalue weighted by molar-refractivity contribution is 6.07. The minimum Gasteiger partial charge on any atom is -0.494 e. The number of hydrazone groups is 1. The quantitative estimate of drug-likeness (QED) is 0.198. The highest BCUT2D eigenvalue weighted by Gasteiger charge is 2.40. The van der Waals surface area contributed by atoms with Crippen LogP contribution in [0.25, 0.3) is 11.4 Å². The summed E-state index contributed by atoms with van der Waals surface area (Å²) in [6, 6.07) is 25.7. The van der Waals surface area contributed by atoms with Crippen LogP contribution in [0.2, 0.25) is 0 Å². The summed E-state index contributed by atoms with van der Waals surface area (Å²) in [5.41, 5.74) is 3.91. The molecule has 1 aliphatic heterocycles. The second kappa shape index (κ2) is 12.6. The Bertz CT molecular complexity index is 1500. The predicted octanol–water partition coefficient (Wildman–Crippen LogP) is 5.43. The number of amides is 1. The molecule has 3 aromatic carbocycles. The lowest BCUT2D eigenvalue weighted by atomic mass is 9.76. The van der Waals surface area contributed by atoms with Crippen molar-refractivity contribution in [2.45, 2.75) is 32.2 Å². The topological polar surface area (TPSA) is 106 Å². The second-order valence-corrected chi connectivity index (χ2v) is 10.2. The van der Waals surface area contributed by atoms with Crippen LogP contribution in [0.1, 0.15) is 36.8 Å². The van der Waals surface area contributed by atoms with Crippen LogP contribution in [0.4, 0.5) is 0 Å². The Hall–Kier alpha value is -4.79. The largest absolute Gasteiger partial charge is 0.494 e. The van der Waals surface area contributed by atoms with Crippen LogP contribution in [-0.2, 0) is 11.3 Å². The van der Waals surface area contributed by atoms with Gasteiger partial charge in [-0.2, -0.15) is 10.3 Å². The van der Waals surface area contributed by atoms with Crippen LogP contribution in [-0.4, -0.2) is 50.5 Å². The van der Waals surface area contributed by atoms with Gasteiger partial charge in [0.2, 0.25) is 11.7 Å². The predicted molar refractivity (Wildman–Crippen MR) is 155 cm³/mol. The number of tetrazole rings is 1. The van der Waals surface area contributed by atoms with E-state index >= 15 is 0 Å². The van der Waals surface area contributed by atoms with Crippen LogP contribution in [0.15, 0.2) is 96.1 Å². The highest BCUT2D eigenvalue weighted by Crippen LogP contribution is 2.35. The summed E-state index contributed by atoms with van der Waals surface area (Å²) in [6.45, 7) is 1.66. The number of unbranched alkanes of at least 4 members (excludes halogenated alkanes) is 1. The van der Waals surface area contributed by atoms with E-state index in [9.17, 15) is 4.79 Å². The number of allylic oxidation sites excluding steroid dienone is 2. The molecule has 9 heteroatoms. The zero-order valence-corrected chi connectivity index (χ0v) is 22.7. The fourth-order valence-corrected chi connectivity index (χ4v) is 5.29. The fraction of sp³-hybridized carbons (Fsp3) is 0.281. The van der Waals surface area contributed by atoms with Crippen molar-refractivity contribution in [3.63, 3.8) is 0 Å². The molecule has 1 aliphatic carbocycles. The van der Waals surface area contributed by atoms with Crippen LogP contribution in [0.5, 0.6) is 11.5 Å². The van der Waals surface area contributed by atoms with Gasteiger partial charge in [0, 0.05) is 17.0 Å². The number of ether oxygens (including phenoxy) is 2. The van der Waals surface area contributed by atoms with Gasteiger partial charge in [0.05, 0.1) is 31.4 Å². The third-order valence-electron chi connectivity index (χ3n) is 7.42. The summed E-state index contributed by atoms with van der Waals surface area (Å²) in [4.78, 5) is 13.3. The summed E-state index contributed by atoms with van der Waals surface area (Å²) in [5.74, 6) is 2.25. The standard InChI is InChI=1S/C32H32N6O3/c39-32-29-14-5-4-13-28(29)30(35-38(32)22-23-9-2-1-3-10-23)25-11-8-12-27(21-25)41-20-7-6-19-40-26-17-15-24(16-18-26)31-33-36-37-34-31/h1-5,8-12,15-18,21,28-29H,6-7,13-14,19-20,22H2,(H,33,34,36,37)/t28-,29+/m0/s1. The molecule has 0 fully saturated rings. The number of aromatic nitrogens is 4. The average Bonchev–Trinajstić information content (AvgIpc) is 3.57. The van der Waals surface area contributed by atoms with Crippen LogP contribution < -0.4 is 9.47 Å². The van der Waals surface area contributed by atoms with Gasteiger partial charge in [-0.05, 0) is 72.9 Å². The average molecular weight is 549 g/mol. The van der Waals surface area contributed by atoms with Crippen molar-refractivity contribution in [3.8, 4) is 22.9 Å². The Balaban J connectivity index is 1.04. The van der Waals surface area contributed by atoms with E-state index in [0.29, 0.717) is 25.6 Å². The van der Waals surface area contributed by atoms with Gasteiger partial charge in [-0.1, -0.05) is 54.6 Å². The number of carbonyl (C=O) groups is 1. The molecule has 0 unspecified atom stereocenters. The van der Waals surface area contributed by atoms with E-state index in [1.54, 1.807) is 5.01 Å². The number of rotatable bonds is 11. The van der Waals surface area contributed by atoms with Gasteiger partial charge in [0.25, 0.3) is 0 Å². The van der Waals surface area contributed by atoms with Gasteiger partial charge in [0.15, 0.2) is 0 Å². The lowest BCUT2D eigenvalue weighted by Crippen LogP contribution is -2.45. The molecule has 1 aromatic heterocycles. The SMILES string of the molecule is O=C1[C@@H]2CC=CC[C@@H]2C(c2cccc(OCCCCOc3ccc(-c4nn[nH]n4)cc3)c2)=NN1Cc1ccccc1. The number of aromatic amines is 1. The molecular weight excluding hydrogens is 516 g/mol. The van der Waals surface area contributed by atoms with Gasteiger partial charge < -0.3 is 9.47 Å². The van der Waals surface area contributed by atoms with E-state index in [-0.39, 0.29) is 17.7 Å². The van der Waals surface area contributed by atoms with Gasteiger partial charge in [0.1, 0.15) is 11.5 Å². The number of fused-ring (bicyclic) bond motifs is 1. The Kier molecular flexibility index (Phi) is 8.12. The van der Waals surface area contributed by atoms with Crippen molar-refractivity contribution in [2.24, 2.45) is 16.9 Å². The molecule has 0 spiro atoms. The van der Waals surface area contributed by atoms with Crippen LogP contribution in [0, 0.1) is 11.8 Å². The number of hydrogen-bond donors (Lipinski definition) is 1. The number of nitrogens with one attached hydrogen (secondary N) is 1. The van der Waals surface area contributed by atoms with Crippen LogP contribution >= 0.6 is 0 Å². The molecule has 2 aliphatic rings. The Morgan fingerprint density at radius 2 is 1.56 bits per heavy atom. The minimum atomic E-state index is -0.0871. The van der Waals surface area contributed by atoms with Gasteiger partial charge in [-0.25, -0.2) is 5.01 Å². The molecule has 0 saturated heterocycles. The van der Waals surface area contributed by atoms with E-state index < -0.39 is 0 Å². The van der Waals surface area contributed by atoms with Gasteiger partial charge >= 0.3 is 0 Å². The monoisotopic (exact) mass is 548 g/mol. The molecule has 208 valence electrons. The molecule has 0 saturated carbocycles. The van der Waals surface area contributed by atoms with E-state index in [2.05, 4.69) is 38.8 Å². The molecule has 9 nitrogen and oxygen atoms in total. The molecule has 41 heavy (non-hydrogen) atoms. The molecule has 2 heterocycles. The summed E-state index contributed by atoms with van der Waals surface area (Å²) < 4.78 is 12.0. The van der Waals surface area contributed by atoms with Crippen molar-refractivity contribution in [2.75, 3.05) is 13.2 Å². The molecule has 6 rings (SSSR count). The third-order valence-corrected chi connectivity index (χ3v) is 7.42. The normalized spacial score (nSPS) is 18.1. The Labute approximate surface area is 238 Å². The molecule has 0 bridgehead atoms. The first-order chi connectivity index (χ1) is 20.2. The summed E-state index contributed by atoms with van der Waals surface area (Å²) in [5, 5.41) is 20.6. The molecule has 1 N–H and O–H groups in total. The Morgan fingerprint density at radius 3 is 2.32 bits per heavy atom. The van der Waals surface area contributed by atoms with E-state index in [4.69, 9.17) is 14.6 Å². The van der Waals surface area contributed by atoms with Crippen molar-refractivity contribution in [1.82, 2.24) is 25.6 Å². The lowest BCUT2D eigenvalue weighted by Gasteiger charge is -2.37. The van der Waals surface area contributed by atoms with Gasteiger partial charge in [-0.15, -0.1) is 10.2 Å². The second-order valence-electron chi connectivity index (χ2n) is 10.2. The van der Waals surface area contributed by atoms with Crippen molar-refractivity contribution >= 4 is 11.6 Å². The van der Waals surface area contributed by atoms with Crippen molar-refractivity contribution in [1.29, 1.82) is 0 Å². The maximum Gasteiger partial charge on any atom is 0.247 e. The fourth-order valence-electron chi connectivity index (χ4n) is 5.29. The first kappa shape index (κ1) is 26.4. The van der Waals surface area contributed by atoms with Gasteiger partial charge in [-0.3, -0.25) is 4.79 Å². The molecule has 4 aromatic rings. The lowest BCUT2D eigenvalue weighted by molar-refractivity contribution is -0.138. The molecule has 2 atom stereocenters. The number of hydrogen-bond acceptors (Lipinski definition) is 7. The Morgan fingerprint density at radius 1 is 0.805 bits per heavy atom. The minimum absolute atomic E-state index is 0.0770. The zero-order chi connectivity index (χ0) is 27.9. The van der Waals surface area contributed by atoms with E-state index in [1.165, 1.54) is 0 Å². The smallest absolute Gasteiger partial charge is 0.247 e. The number of H-pyrrole nitrogens is 1. The van der Waals surface area contributed by atoms with Crippen LogP contribution in [0.3, 0.4) is 0 Å². The first-order valence-electron chi connectivity index (χ1n) is 14.0. The third kappa shape index (κ3) is 6.35. The molecular formula is C32H32N6O3. The zero-order valence-electron chi connectivity index (χ0n) is 22.7. The summed E-state index contributed by atoms with van der Waals surface area (Å²) in [6.07, 6.45) is 7.58. The number of carbonyl (C=O) groups excluding carboxylic acids is 1. The van der Waals surface area contributed by atoms with Crippen molar-refractivity contribution < 1.29 is 14.3 Å². The molecule has 1 amide bonds. The number of benzene rings is 3. The van der Waals surface area contributed by atoms with E-state index in [0.717, 1.165) is 59.6 Å². The van der Waals surface area contributed by atoms with E-state index in [1.807, 2.05) is 72.8 Å². The maximum absolute atomic E-state index is 13.3. The highest BCUT2D eigenvalue weighted by atomic mass is 16.5. The summed E-state index contributed by atoms with van der Waals surface area (Å²) >= 11 is 0. The maximum atomic E-state index is 13.3. The first-order valence-corrected chi connectivity index (χ1v) is 14.0. The van der Waals surface area contributed by atoms with Crippen molar-refractivity contribution in [3.05, 3.63) is 102 Å².